The molecule has 1 aliphatic heterocycles. The predicted octanol–water partition coefficient (Wildman–Crippen LogP) is 3.66. The van der Waals surface area contributed by atoms with Crippen molar-refractivity contribution in [1.29, 1.82) is 0 Å². The van der Waals surface area contributed by atoms with E-state index in [-0.39, 0.29) is 6.04 Å². The Morgan fingerprint density at radius 2 is 2.14 bits per heavy atom. The van der Waals surface area contributed by atoms with Gasteiger partial charge in [-0.2, -0.15) is 0 Å². The van der Waals surface area contributed by atoms with Crippen LogP contribution in [0, 0.1) is 6.92 Å². The van der Waals surface area contributed by atoms with E-state index in [9.17, 15) is 0 Å². The van der Waals surface area contributed by atoms with Crippen LogP contribution < -0.4 is 10.5 Å². The van der Waals surface area contributed by atoms with E-state index in [1.807, 2.05) is 6.07 Å². The molecule has 0 aromatic heterocycles. The number of hydrogen-bond donors (Lipinski definition) is 1. The molecule has 21 heavy (non-hydrogen) atoms. The first-order valence-electron chi connectivity index (χ1n) is 8.29. The molecule has 0 bridgehead atoms. The van der Waals surface area contributed by atoms with E-state index in [0.29, 0.717) is 6.04 Å². The molecule has 0 amide bonds. The van der Waals surface area contributed by atoms with Crippen molar-refractivity contribution in [1.82, 2.24) is 4.90 Å². The first kappa shape index (κ1) is 16.3. The van der Waals surface area contributed by atoms with Gasteiger partial charge in [0, 0.05) is 24.2 Å². The lowest BCUT2D eigenvalue weighted by molar-refractivity contribution is 0.182. The molecular weight excluding hydrogens is 260 g/mol. The molecule has 2 atom stereocenters. The summed E-state index contributed by atoms with van der Waals surface area (Å²) in [6.45, 7) is 6.51. The van der Waals surface area contributed by atoms with E-state index < -0.39 is 0 Å². The molecule has 1 aromatic carbocycles. The van der Waals surface area contributed by atoms with Crippen LogP contribution in [0.4, 0.5) is 0 Å². The van der Waals surface area contributed by atoms with E-state index in [1.54, 1.807) is 7.11 Å². The Morgan fingerprint density at radius 1 is 1.33 bits per heavy atom. The summed E-state index contributed by atoms with van der Waals surface area (Å²) in [5.74, 6) is 0.913. The van der Waals surface area contributed by atoms with Crippen LogP contribution in [0.1, 0.15) is 56.2 Å². The molecule has 118 valence electrons. The van der Waals surface area contributed by atoms with Gasteiger partial charge in [0.2, 0.25) is 0 Å². The quantitative estimate of drug-likeness (QED) is 0.899. The monoisotopic (exact) mass is 290 g/mol. The maximum absolute atomic E-state index is 6.52. The highest BCUT2D eigenvalue weighted by molar-refractivity contribution is 5.39. The Hall–Kier alpha value is -1.06. The second-order valence-corrected chi connectivity index (χ2v) is 6.26. The average molecular weight is 290 g/mol. The van der Waals surface area contributed by atoms with Crippen LogP contribution in [0.5, 0.6) is 5.75 Å². The Balaban J connectivity index is 2.12. The summed E-state index contributed by atoms with van der Waals surface area (Å²) >= 11 is 0. The number of rotatable bonds is 5. The summed E-state index contributed by atoms with van der Waals surface area (Å²) in [5, 5.41) is 0. The molecule has 3 nitrogen and oxygen atoms in total. The molecule has 0 saturated carbocycles. The van der Waals surface area contributed by atoms with Gasteiger partial charge in [-0.15, -0.1) is 0 Å². The molecule has 0 radical (unpaired) electrons. The van der Waals surface area contributed by atoms with Crippen molar-refractivity contribution in [2.24, 2.45) is 5.73 Å². The highest BCUT2D eigenvalue weighted by atomic mass is 16.5. The molecule has 2 rings (SSSR count). The fourth-order valence-corrected chi connectivity index (χ4v) is 3.43. The topological polar surface area (TPSA) is 38.5 Å². The van der Waals surface area contributed by atoms with Gasteiger partial charge in [-0.1, -0.05) is 37.5 Å². The van der Waals surface area contributed by atoms with Crippen molar-refractivity contribution in [3.05, 3.63) is 29.3 Å². The summed E-state index contributed by atoms with van der Waals surface area (Å²) in [6, 6.07) is 6.99. The summed E-state index contributed by atoms with van der Waals surface area (Å²) in [7, 11) is 1.72. The van der Waals surface area contributed by atoms with Crippen molar-refractivity contribution in [2.75, 3.05) is 20.2 Å². The average Bonchev–Trinajstić information content (AvgIpc) is 2.72. The molecule has 1 saturated heterocycles. The number of nitrogens with zero attached hydrogens (tertiary/aromatic N) is 1. The van der Waals surface area contributed by atoms with Crippen molar-refractivity contribution in [3.63, 3.8) is 0 Å². The van der Waals surface area contributed by atoms with Crippen LogP contribution in [0.25, 0.3) is 0 Å². The maximum Gasteiger partial charge on any atom is 0.123 e. The number of benzene rings is 1. The number of likely N-dealkylation sites (tertiary alicyclic amines) is 1. The highest BCUT2D eigenvalue weighted by Crippen LogP contribution is 2.27. The molecule has 1 fully saturated rings. The zero-order valence-corrected chi connectivity index (χ0v) is 13.8. The lowest BCUT2D eigenvalue weighted by atomic mass is 10.0. The molecule has 1 aromatic rings. The minimum Gasteiger partial charge on any atom is -0.496 e. The zero-order chi connectivity index (χ0) is 15.2. The first-order valence-corrected chi connectivity index (χ1v) is 8.29. The van der Waals surface area contributed by atoms with Gasteiger partial charge in [0.05, 0.1) is 7.11 Å². The Labute approximate surface area is 129 Å². The number of aryl methyl sites for hydroxylation is 1. The van der Waals surface area contributed by atoms with Gasteiger partial charge >= 0.3 is 0 Å². The van der Waals surface area contributed by atoms with E-state index >= 15 is 0 Å². The van der Waals surface area contributed by atoms with Gasteiger partial charge in [-0.05, 0) is 38.8 Å². The predicted molar refractivity (Wildman–Crippen MR) is 88.8 cm³/mol. The third-order valence-corrected chi connectivity index (χ3v) is 4.69. The van der Waals surface area contributed by atoms with E-state index in [2.05, 4.69) is 30.9 Å². The molecule has 0 aliphatic carbocycles. The van der Waals surface area contributed by atoms with Gasteiger partial charge in [0.15, 0.2) is 0 Å². The normalized spacial score (nSPS) is 21.8. The van der Waals surface area contributed by atoms with Gasteiger partial charge in [-0.25, -0.2) is 0 Å². The van der Waals surface area contributed by atoms with E-state index in [1.165, 1.54) is 44.2 Å². The molecule has 1 aliphatic rings. The molecular formula is C18H30N2O. The second-order valence-electron chi connectivity index (χ2n) is 6.26. The Bertz CT molecular complexity index is 447. The third kappa shape index (κ3) is 4.21. The summed E-state index contributed by atoms with van der Waals surface area (Å²) in [6.07, 6.45) is 6.55. The lowest BCUT2D eigenvalue weighted by Crippen LogP contribution is -2.39. The van der Waals surface area contributed by atoms with Gasteiger partial charge < -0.3 is 10.5 Å². The van der Waals surface area contributed by atoms with Gasteiger partial charge in [-0.3, -0.25) is 4.90 Å². The fraction of sp³-hybridized carbons (Fsp3) is 0.667. The van der Waals surface area contributed by atoms with Crippen LogP contribution in [0.15, 0.2) is 18.2 Å². The molecule has 2 N–H and O–H groups in total. The van der Waals surface area contributed by atoms with Crippen LogP contribution in [0.2, 0.25) is 0 Å². The Kier molecular flexibility index (Phi) is 6.07. The largest absolute Gasteiger partial charge is 0.496 e. The summed E-state index contributed by atoms with van der Waals surface area (Å²) in [5.41, 5.74) is 8.89. The van der Waals surface area contributed by atoms with Crippen molar-refractivity contribution >= 4 is 0 Å². The highest BCUT2D eigenvalue weighted by Gasteiger charge is 2.23. The van der Waals surface area contributed by atoms with Crippen LogP contribution in [0.3, 0.4) is 0 Å². The number of nitrogens with two attached hydrogens (primary N) is 1. The van der Waals surface area contributed by atoms with Crippen molar-refractivity contribution < 1.29 is 4.74 Å². The summed E-state index contributed by atoms with van der Waals surface area (Å²) < 4.78 is 5.49. The van der Waals surface area contributed by atoms with Gasteiger partial charge in [0.1, 0.15) is 5.75 Å². The minimum absolute atomic E-state index is 0.0204. The summed E-state index contributed by atoms with van der Waals surface area (Å²) in [4.78, 5) is 2.60. The van der Waals surface area contributed by atoms with Crippen LogP contribution >= 0.6 is 0 Å². The zero-order valence-electron chi connectivity index (χ0n) is 13.8. The van der Waals surface area contributed by atoms with Crippen molar-refractivity contribution in [2.45, 2.75) is 58.0 Å². The third-order valence-electron chi connectivity index (χ3n) is 4.69. The van der Waals surface area contributed by atoms with Crippen LogP contribution in [-0.4, -0.2) is 31.1 Å². The minimum atomic E-state index is 0.0204. The molecule has 2 unspecified atom stereocenters. The second kappa shape index (κ2) is 7.81. The van der Waals surface area contributed by atoms with E-state index in [4.69, 9.17) is 10.5 Å². The maximum atomic E-state index is 6.52. The lowest BCUT2D eigenvalue weighted by Gasteiger charge is -2.32. The number of hydrogen-bond acceptors (Lipinski definition) is 3. The fourth-order valence-electron chi connectivity index (χ4n) is 3.43. The van der Waals surface area contributed by atoms with Gasteiger partial charge in [0.25, 0.3) is 0 Å². The molecule has 3 heteroatoms. The SMILES string of the molecule is CCC1CCCCCN1CC(N)c1cc(C)ccc1OC. The number of ether oxygens (including phenoxy) is 1. The van der Waals surface area contributed by atoms with Crippen molar-refractivity contribution in [3.8, 4) is 5.75 Å². The standard InChI is InChI=1S/C18H30N2O/c1-4-15-8-6-5-7-11-20(15)13-17(19)16-12-14(2)9-10-18(16)21-3/h9-10,12,15,17H,4-8,11,13,19H2,1-3H3. The molecule has 1 heterocycles. The first-order chi connectivity index (χ1) is 10.2. The smallest absolute Gasteiger partial charge is 0.123 e. The Morgan fingerprint density at radius 3 is 2.86 bits per heavy atom. The van der Waals surface area contributed by atoms with Crippen LogP contribution in [-0.2, 0) is 0 Å². The molecule has 0 spiro atoms. The number of methoxy groups -OCH3 is 1. The van der Waals surface area contributed by atoms with E-state index in [0.717, 1.165) is 17.9 Å².